The summed E-state index contributed by atoms with van der Waals surface area (Å²) < 4.78 is 18.9. The first-order valence-corrected chi connectivity index (χ1v) is 7.64. The standard InChI is InChI=1S/C17H28FNO/c1-5-12-19-16(17(6-2,7-3)20-4)13-14-8-10-15(18)11-9-14/h8-11,16,19H,5-7,12-13H2,1-4H3. The number of hydrogen-bond donors (Lipinski definition) is 1. The van der Waals surface area contributed by atoms with Crippen molar-refractivity contribution in [1.29, 1.82) is 0 Å². The number of rotatable bonds is 9. The van der Waals surface area contributed by atoms with E-state index < -0.39 is 0 Å². The van der Waals surface area contributed by atoms with E-state index in [1.807, 2.05) is 12.1 Å². The Kier molecular flexibility index (Phi) is 7.17. The third kappa shape index (κ3) is 4.29. The van der Waals surface area contributed by atoms with Crippen LogP contribution in [0.5, 0.6) is 0 Å². The van der Waals surface area contributed by atoms with E-state index in [-0.39, 0.29) is 17.5 Å². The van der Waals surface area contributed by atoms with E-state index in [2.05, 4.69) is 26.1 Å². The molecule has 0 saturated carbocycles. The van der Waals surface area contributed by atoms with Crippen molar-refractivity contribution in [2.45, 2.75) is 58.1 Å². The van der Waals surface area contributed by atoms with Gasteiger partial charge in [0, 0.05) is 13.2 Å². The molecule has 1 atom stereocenters. The van der Waals surface area contributed by atoms with Crippen molar-refractivity contribution in [3.8, 4) is 0 Å². The maximum atomic E-state index is 13.0. The zero-order valence-electron chi connectivity index (χ0n) is 13.2. The summed E-state index contributed by atoms with van der Waals surface area (Å²) in [7, 11) is 1.79. The van der Waals surface area contributed by atoms with Gasteiger partial charge in [0.2, 0.25) is 0 Å². The molecule has 0 aliphatic rings. The van der Waals surface area contributed by atoms with Crippen LogP contribution in [0, 0.1) is 5.82 Å². The Hall–Kier alpha value is -0.930. The number of nitrogens with one attached hydrogen (secondary N) is 1. The summed E-state index contributed by atoms with van der Waals surface area (Å²) >= 11 is 0. The van der Waals surface area contributed by atoms with Gasteiger partial charge in [-0.25, -0.2) is 4.39 Å². The molecule has 1 rings (SSSR count). The number of ether oxygens (including phenoxy) is 1. The predicted octanol–water partition coefficient (Wildman–Crippen LogP) is 3.94. The fourth-order valence-electron chi connectivity index (χ4n) is 2.79. The minimum atomic E-state index is -0.184. The van der Waals surface area contributed by atoms with Crippen LogP contribution in [0.15, 0.2) is 24.3 Å². The average Bonchev–Trinajstić information content (AvgIpc) is 2.49. The number of benzene rings is 1. The van der Waals surface area contributed by atoms with Crippen LogP contribution in [0.4, 0.5) is 4.39 Å². The van der Waals surface area contributed by atoms with Crippen molar-refractivity contribution in [3.63, 3.8) is 0 Å². The van der Waals surface area contributed by atoms with E-state index in [0.29, 0.717) is 0 Å². The normalized spacial score (nSPS) is 13.4. The zero-order chi connectivity index (χ0) is 15.0. The van der Waals surface area contributed by atoms with Crippen LogP contribution in [-0.2, 0) is 11.2 Å². The third-order valence-corrected chi connectivity index (χ3v) is 4.23. The van der Waals surface area contributed by atoms with Crippen molar-refractivity contribution >= 4 is 0 Å². The van der Waals surface area contributed by atoms with Crippen LogP contribution in [0.25, 0.3) is 0 Å². The molecule has 1 aromatic rings. The molecule has 3 heteroatoms. The molecular weight excluding hydrogens is 253 g/mol. The smallest absolute Gasteiger partial charge is 0.123 e. The van der Waals surface area contributed by atoms with Crippen LogP contribution < -0.4 is 5.32 Å². The Balaban J connectivity index is 2.90. The molecule has 0 radical (unpaired) electrons. The van der Waals surface area contributed by atoms with Gasteiger partial charge in [-0.3, -0.25) is 0 Å². The lowest BCUT2D eigenvalue weighted by Crippen LogP contribution is -2.53. The molecule has 0 aliphatic carbocycles. The van der Waals surface area contributed by atoms with E-state index in [1.165, 1.54) is 12.1 Å². The molecule has 114 valence electrons. The summed E-state index contributed by atoms with van der Waals surface area (Å²) in [4.78, 5) is 0. The Morgan fingerprint density at radius 1 is 1.15 bits per heavy atom. The first-order valence-electron chi connectivity index (χ1n) is 7.64. The summed E-state index contributed by atoms with van der Waals surface area (Å²) in [5, 5.41) is 3.61. The summed E-state index contributed by atoms with van der Waals surface area (Å²) in [5.41, 5.74) is 0.979. The van der Waals surface area contributed by atoms with E-state index in [0.717, 1.165) is 37.8 Å². The maximum absolute atomic E-state index is 13.0. The number of hydrogen-bond acceptors (Lipinski definition) is 2. The van der Waals surface area contributed by atoms with Crippen LogP contribution in [0.2, 0.25) is 0 Å². The molecule has 0 fully saturated rings. The van der Waals surface area contributed by atoms with Crippen LogP contribution >= 0.6 is 0 Å². The molecule has 1 N–H and O–H groups in total. The molecule has 1 aromatic carbocycles. The van der Waals surface area contributed by atoms with Crippen LogP contribution in [0.3, 0.4) is 0 Å². The molecule has 1 unspecified atom stereocenters. The van der Waals surface area contributed by atoms with Crippen molar-refractivity contribution in [2.24, 2.45) is 0 Å². The third-order valence-electron chi connectivity index (χ3n) is 4.23. The molecule has 0 aliphatic heterocycles. The second-order valence-electron chi connectivity index (χ2n) is 5.31. The first kappa shape index (κ1) is 17.1. The van der Waals surface area contributed by atoms with Gasteiger partial charge in [0.1, 0.15) is 5.82 Å². The minimum absolute atomic E-state index is 0.163. The van der Waals surface area contributed by atoms with Gasteiger partial charge in [0.05, 0.1) is 5.60 Å². The monoisotopic (exact) mass is 281 g/mol. The lowest BCUT2D eigenvalue weighted by Gasteiger charge is -2.39. The molecule has 0 amide bonds. The maximum Gasteiger partial charge on any atom is 0.123 e. The highest BCUT2D eigenvalue weighted by Crippen LogP contribution is 2.26. The lowest BCUT2D eigenvalue weighted by atomic mass is 9.84. The molecule has 0 aromatic heterocycles. The molecule has 0 saturated heterocycles. The quantitative estimate of drug-likeness (QED) is 0.740. The van der Waals surface area contributed by atoms with Gasteiger partial charge in [0.15, 0.2) is 0 Å². The Morgan fingerprint density at radius 3 is 2.20 bits per heavy atom. The van der Waals surface area contributed by atoms with Crippen LogP contribution in [-0.4, -0.2) is 25.3 Å². The van der Waals surface area contributed by atoms with Gasteiger partial charge in [-0.05, 0) is 49.9 Å². The van der Waals surface area contributed by atoms with E-state index >= 15 is 0 Å². The molecule has 0 spiro atoms. The minimum Gasteiger partial charge on any atom is -0.377 e. The highest BCUT2D eigenvalue weighted by molar-refractivity contribution is 5.18. The first-order chi connectivity index (χ1) is 9.61. The summed E-state index contributed by atoms with van der Waals surface area (Å²) in [5.74, 6) is -0.184. The second kappa shape index (κ2) is 8.38. The van der Waals surface area contributed by atoms with E-state index in [1.54, 1.807) is 7.11 Å². The van der Waals surface area contributed by atoms with Crippen LogP contribution in [0.1, 0.15) is 45.6 Å². The summed E-state index contributed by atoms with van der Waals surface area (Å²) in [6, 6.07) is 7.02. The second-order valence-corrected chi connectivity index (χ2v) is 5.31. The Labute approximate surface area is 122 Å². The van der Waals surface area contributed by atoms with Gasteiger partial charge >= 0.3 is 0 Å². The Bertz CT molecular complexity index is 365. The summed E-state index contributed by atoms with van der Waals surface area (Å²) in [6.45, 7) is 7.46. The SMILES string of the molecule is CCCNC(Cc1ccc(F)cc1)C(CC)(CC)OC. The van der Waals surface area contributed by atoms with Gasteiger partial charge in [0.25, 0.3) is 0 Å². The topological polar surface area (TPSA) is 21.3 Å². The van der Waals surface area contributed by atoms with Crippen molar-refractivity contribution in [2.75, 3.05) is 13.7 Å². The van der Waals surface area contributed by atoms with E-state index in [9.17, 15) is 4.39 Å². The van der Waals surface area contributed by atoms with Gasteiger partial charge in [-0.2, -0.15) is 0 Å². The van der Waals surface area contributed by atoms with E-state index in [4.69, 9.17) is 4.74 Å². The van der Waals surface area contributed by atoms with Crippen molar-refractivity contribution in [3.05, 3.63) is 35.6 Å². The van der Waals surface area contributed by atoms with Crippen molar-refractivity contribution in [1.82, 2.24) is 5.32 Å². The highest BCUT2D eigenvalue weighted by Gasteiger charge is 2.35. The highest BCUT2D eigenvalue weighted by atomic mass is 19.1. The average molecular weight is 281 g/mol. The van der Waals surface area contributed by atoms with Crippen molar-refractivity contribution < 1.29 is 9.13 Å². The lowest BCUT2D eigenvalue weighted by molar-refractivity contribution is -0.0471. The summed E-state index contributed by atoms with van der Waals surface area (Å²) in [6.07, 6.45) is 3.87. The van der Waals surface area contributed by atoms with Gasteiger partial charge < -0.3 is 10.1 Å². The zero-order valence-corrected chi connectivity index (χ0v) is 13.2. The largest absolute Gasteiger partial charge is 0.377 e. The van der Waals surface area contributed by atoms with Gasteiger partial charge in [-0.15, -0.1) is 0 Å². The molecule has 0 bridgehead atoms. The van der Waals surface area contributed by atoms with Gasteiger partial charge in [-0.1, -0.05) is 32.9 Å². The molecule has 20 heavy (non-hydrogen) atoms. The fourth-order valence-corrected chi connectivity index (χ4v) is 2.79. The Morgan fingerprint density at radius 2 is 1.75 bits per heavy atom. The number of methoxy groups -OCH3 is 1. The number of halogens is 1. The fraction of sp³-hybridized carbons (Fsp3) is 0.647. The molecule has 2 nitrogen and oxygen atoms in total. The molecule has 0 heterocycles. The predicted molar refractivity (Wildman–Crippen MR) is 82.5 cm³/mol. The molecular formula is C17H28FNO.